The molecule has 2 heterocycles. The summed E-state index contributed by atoms with van der Waals surface area (Å²) in [6, 6.07) is 2.39. The molecule has 1 atom stereocenters. The molecule has 1 aromatic heterocycles. The quantitative estimate of drug-likeness (QED) is 0.889. The van der Waals surface area contributed by atoms with Crippen LogP contribution < -0.4 is 5.32 Å². The van der Waals surface area contributed by atoms with Crippen LogP contribution in [0.3, 0.4) is 0 Å². The first-order chi connectivity index (χ1) is 9.95. The standard InChI is InChI=1S/C16H29N5/c1-12(2)9-17-10-14-8-13(3)18-16(19-14)15-11-20(4)6-7-21(15)5/h8,12,15,17H,6-7,9-11H2,1-5H3. The molecule has 21 heavy (non-hydrogen) atoms. The van der Waals surface area contributed by atoms with Crippen LogP contribution in [0.25, 0.3) is 0 Å². The molecule has 1 saturated heterocycles. The average molecular weight is 291 g/mol. The number of rotatable bonds is 5. The molecule has 1 N–H and O–H groups in total. The Kier molecular flexibility index (Phi) is 5.67. The highest BCUT2D eigenvalue weighted by molar-refractivity contribution is 5.13. The lowest BCUT2D eigenvalue weighted by molar-refractivity contribution is 0.109. The molecule has 1 aromatic rings. The predicted molar refractivity (Wildman–Crippen MR) is 86.2 cm³/mol. The fourth-order valence-corrected chi connectivity index (χ4v) is 2.68. The van der Waals surface area contributed by atoms with E-state index in [-0.39, 0.29) is 0 Å². The third-order valence-corrected chi connectivity index (χ3v) is 3.93. The smallest absolute Gasteiger partial charge is 0.147 e. The Balaban J connectivity index is 2.10. The van der Waals surface area contributed by atoms with E-state index in [0.717, 1.165) is 49.9 Å². The molecule has 2 rings (SSSR count). The van der Waals surface area contributed by atoms with Crippen LogP contribution in [0.5, 0.6) is 0 Å². The summed E-state index contributed by atoms with van der Waals surface area (Å²) in [5, 5.41) is 3.46. The maximum Gasteiger partial charge on any atom is 0.147 e. The summed E-state index contributed by atoms with van der Waals surface area (Å²) in [4.78, 5) is 14.2. The summed E-state index contributed by atoms with van der Waals surface area (Å²) in [5.41, 5.74) is 2.16. The van der Waals surface area contributed by atoms with Crippen molar-refractivity contribution in [3.8, 4) is 0 Å². The van der Waals surface area contributed by atoms with Crippen molar-refractivity contribution < 1.29 is 0 Å². The van der Waals surface area contributed by atoms with E-state index in [9.17, 15) is 0 Å². The fourth-order valence-electron chi connectivity index (χ4n) is 2.68. The third kappa shape index (κ3) is 4.73. The zero-order chi connectivity index (χ0) is 15.4. The first kappa shape index (κ1) is 16.3. The predicted octanol–water partition coefficient (Wildman–Crippen LogP) is 1.45. The maximum atomic E-state index is 4.80. The van der Waals surface area contributed by atoms with E-state index in [1.165, 1.54) is 0 Å². The van der Waals surface area contributed by atoms with Gasteiger partial charge in [0.2, 0.25) is 0 Å². The van der Waals surface area contributed by atoms with Crippen molar-refractivity contribution in [1.29, 1.82) is 0 Å². The minimum atomic E-state index is 0.299. The van der Waals surface area contributed by atoms with Crippen LogP contribution >= 0.6 is 0 Å². The van der Waals surface area contributed by atoms with Crippen molar-refractivity contribution in [3.05, 3.63) is 23.3 Å². The van der Waals surface area contributed by atoms with Crippen molar-refractivity contribution in [3.63, 3.8) is 0 Å². The first-order valence-corrected chi connectivity index (χ1v) is 7.89. The second-order valence-corrected chi connectivity index (χ2v) is 6.64. The molecule has 5 nitrogen and oxygen atoms in total. The SMILES string of the molecule is Cc1cc(CNCC(C)C)nc(C2CN(C)CCN2C)n1. The maximum absolute atomic E-state index is 4.80. The number of hydrogen-bond donors (Lipinski definition) is 1. The molecule has 118 valence electrons. The van der Waals surface area contributed by atoms with E-state index in [1.54, 1.807) is 0 Å². The largest absolute Gasteiger partial charge is 0.311 e. The van der Waals surface area contributed by atoms with Gasteiger partial charge in [-0.2, -0.15) is 0 Å². The highest BCUT2D eigenvalue weighted by Crippen LogP contribution is 2.20. The van der Waals surface area contributed by atoms with Gasteiger partial charge >= 0.3 is 0 Å². The van der Waals surface area contributed by atoms with Gasteiger partial charge in [0.15, 0.2) is 0 Å². The Morgan fingerprint density at radius 3 is 2.76 bits per heavy atom. The Bertz CT molecular complexity index is 460. The number of nitrogens with one attached hydrogen (secondary N) is 1. The molecule has 0 saturated carbocycles. The monoisotopic (exact) mass is 291 g/mol. The molecule has 0 bridgehead atoms. The molecule has 1 aliphatic rings. The van der Waals surface area contributed by atoms with Crippen molar-refractivity contribution in [2.75, 3.05) is 40.3 Å². The minimum absolute atomic E-state index is 0.299. The Hall–Kier alpha value is -1.04. The van der Waals surface area contributed by atoms with Gasteiger partial charge < -0.3 is 10.2 Å². The highest BCUT2D eigenvalue weighted by atomic mass is 15.3. The molecule has 0 radical (unpaired) electrons. The van der Waals surface area contributed by atoms with E-state index in [2.05, 4.69) is 61.0 Å². The summed E-state index contributed by atoms with van der Waals surface area (Å²) in [5.74, 6) is 1.62. The summed E-state index contributed by atoms with van der Waals surface area (Å²) in [6.07, 6.45) is 0. The molecule has 1 fully saturated rings. The van der Waals surface area contributed by atoms with Crippen LogP contribution in [0.1, 0.15) is 37.1 Å². The van der Waals surface area contributed by atoms with Crippen LogP contribution in [0.15, 0.2) is 6.07 Å². The number of aromatic nitrogens is 2. The Morgan fingerprint density at radius 2 is 2.05 bits per heavy atom. The molecule has 0 spiro atoms. The summed E-state index contributed by atoms with van der Waals surface area (Å²) in [7, 11) is 4.33. The molecule has 1 unspecified atom stereocenters. The zero-order valence-corrected chi connectivity index (χ0v) is 14.1. The molecule has 0 aromatic carbocycles. The molecular weight excluding hydrogens is 262 g/mol. The van der Waals surface area contributed by atoms with Crippen molar-refractivity contribution >= 4 is 0 Å². The van der Waals surface area contributed by atoms with Gasteiger partial charge in [-0.3, -0.25) is 4.90 Å². The molecular formula is C16H29N5. The average Bonchev–Trinajstić information content (AvgIpc) is 2.40. The molecule has 5 heteroatoms. The lowest BCUT2D eigenvalue weighted by Crippen LogP contribution is -2.45. The topological polar surface area (TPSA) is 44.3 Å². The molecule has 1 aliphatic heterocycles. The number of likely N-dealkylation sites (N-methyl/N-ethyl adjacent to an activating group) is 2. The number of nitrogens with zero attached hydrogens (tertiary/aromatic N) is 4. The fraction of sp³-hybridized carbons (Fsp3) is 0.750. The van der Waals surface area contributed by atoms with Crippen LogP contribution in [0.4, 0.5) is 0 Å². The Labute approximate surface area is 128 Å². The zero-order valence-electron chi connectivity index (χ0n) is 14.1. The van der Waals surface area contributed by atoms with Gasteiger partial charge in [-0.25, -0.2) is 9.97 Å². The number of aryl methyl sites for hydroxylation is 1. The van der Waals surface area contributed by atoms with Crippen molar-refractivity contribution in [1.82, 2.24) is 25.1 Å². The molecule has 0 amide bonds. The van der Waals surface area contributed by atoms with Gasteiger partial charge in [-0.15, -0.1) is 0 Å². The van der Waals surface area contributed by atoms with Crippen LogP contribution in [0, 0.1) is 12.8 Å². The second kappa shape index (κ2) is 7.29. The van der Waals surface area contributed by atoms with Gasteiger partial charge in [0, 0.05) is 31.9 Å². The Morgan fingerprint density at radius 1 is 1.29 bits per heavy atom. The van der Waals surface area contributed by atoms with Crippen molar-refractivity contribution in [2.24, 2.45) is 5.92 Å². The lowest BCUT2D eigenvalue weighted by Gasteiger charge is -2.36. The minimum Gasteiger partial charge on any atom is -0.311 e. The van der Waals surface area contributed by atoms with E-state index in [0.29, 0.717) is 12.0 Å². The number of hydrogen-bond acceptors (Lipinski definition) is 5. The lowest BCUT2D eigenvalue weighted by atomic mass is 10.1. The van der Waals surface area contributed by atoms with Gasteiger partial charge in [0.05, 0.1) is 11.7 Å². The van der Waals surface area contributed by atoms with E-state index in [1.807, 2.05) is 0 Å². The van der Waals surface area contributed by atoms with E-state index < -0.39 is 0 Å². The normalized spacial score (nSPS) is 21.1. The molecule has 0 aliphatic carbocycles. The highest BCUT2D eigenvalue weighted by Gasteiger charge is 2.26. The first-order valence-electron chi connectivity index (χ1n) is 7.89. The number of piperazine rings is 1. The van der Waals surface area contributed by atoms with Crippen LogP contribution in [0.2, 0.25) is 0 Å². The summed E-state index contributed by atoms with van der Waals surface area (Å²) in [6.45, 7) is 11.5. The van der Waals surface area contributed by atoms with Gasteiger partial charge in [-0.1, -0.05) is 13.8 Å². The van der Waals surface area contributed by atoms with Crippen LogP contribution in [-0.2, 0) is 6.54 Å². The van der Waals surface area contributed by atoms with Crippen molar-refractivity contribution in [2.45, 2.75) is 33.4 Å². The van der Waals surface area contributed by atoms with Crippen LogP contribution in [-0.4, -0.2) is 60.0 Å². The second-order valence-electron chi connectivity index (χ2n) is 6.64. The third-order valence-electron chi connectivity index (χ3n) is 3.93. The van der Waals surface area contributed by atoms with E-state index in [4.69, 9.17) is 4.98 Å². The summed E-state index contributed by atoms with van der Waals surface area (Å²) >= 11 is 0. The van der Waals surface area contributed by atoms with Gasteiger partial charge in [0.25, 0.3) is 0 Å². The van der Waals surface area contributed by atoms with Gasteiger partial charge in [-0.05, 0) is 39.5 Å². The summed E-state index contributed by atoms with van der Waals surface area (Å²) < 4.78 is 0. The van der Waals surface area contributed by atoms with Gasteiger partial charge in [0.1, 0.15) is 5.82 Å². The van der Waals surface area contributed by atoms with E-state index >= 15 is 0 Å².